The zero-order chi connectivity index (χ0) is 15.7. The maximum absolute atomic E-state index is 11.4. The van der Waals surface area contributed by atoms with Crippen LogP contribution in [0.15, 0.2) is 30.5 Å². The summed E-state index contributed by atoms with van der Waals surface area (Å²) in [4.78, 5) is 15.5. The Morgan fingerprint density at radius 3 is 2.91 bits per heavy atom. The SMILES string of the molecule is COC(=O)c1ccc(-c2cc(Cl)c3c(c2)CC(CN)O3)cn1. The van der Waals surface area contributed by atoms with Crippen LogP contribution in [0.2, 0.25) is 5.02 Å². The average Bonchev–Trinajstić information content (AvgIpc) is 2.98. The normalized spacial score (nSPS) is 16.0. The minimum atomic E-state index is -0.460. The molecule has 0 saturated carbocycles. The highest BCUT2D eigenvalue weighted by atomic mass is 35.5. The lowest BCUT2D eigenvalue weighted by atomic mass is 10.0. The number of methoxy groups -OCH3 is 1. The molecule has 3 rings (SSSR count). The first kappa shape index (κ1) is 14.8. The van der Waals surface area contributed by atoms with Crippen molar-refractivity contribution in [2.24, 2.45) is 5.73 Å². The van der Waals surface area contributed by atoms with Gasteiger partial charge in [0.2, 0.25) is 0 Å². The number of ether oxygens (including phenoxy) is 2. The lowest BCUT2D eigenvalue weighted by Gasteiger charge is -2.08. The van der Waals surface area contributed by atoms with E-state index in [1.807, 2.05) is 18.2 Å². The molecule has 1 unspecified atom stereocenters. The van der Waals surface area contributed by atoms with Gasteiger partial charge in [0.25, 0.3) is 0 Å². The molecule has 0 radical (unpaired) electrons. The molecule has 0 fully saturated rings. The van der Waals surface area contributed by atoms with Crippen LogP contribution in [-0.2, 0) is 11.2 Å². The van der Waals surface area contributed by atoms with Crippen molar-refractivity contribution in [3.8, 4) is 16.9 Å². The maximum atomic E-state index is 11.4. The van der Waals surface area contributed by atoms with E-state index in [1.165, 1.54) is 7.11 Å². The minimum Gasteiger partial charge on any atom is -0.487 e. The van der Waals surface area contributed by atoms with Crippen molar-refractivity contribution in [1.29, 1.82) is 0 Å². The lowest BCUT2D eigenvalue weighted by molar-refractivity contribution is 0.0594. The number of hydrogen-bond acceptors (Lipinski definition) is 5. The van der Waals surface area contributed by atoms with Gasteiger partial charge in [-0.1, -0.05) is 17.7 Å². The summed E-state index contributed by atoms with van der Waals surface area (Å²) in [6.45, 7) is 0.454. The highest BCUT2D eigenvalue weighted by Crippen LogP contribution is 2.39. The van der Waals surface area contributed by atoms with E-state index in [9.17, 15) is 4.79 Å². The number of carbonyl (C=O) groups is 1. The molecular formula is C16H15ClN2O3. The van der Waals surface area contributed by atoms with Crippen molar-refractivity contribution >= 4 is 17.6 Å². The highest BCUT2D eigenvalue weighted by Gasteiger charge is 2.25. The van der Waals surface area contributed by atoms with E-state index in [0.717, 1.165) is 23.1 Å². The number of nitrogens with zero attached hydrogens (tertiary/aromatic N) is 1. The summed E-state index contributed by atoms with van der Waals surface area (Å²) in [5.41, 5.74) is 8.75. The summed E-state index contributed by atoms with van der Waals surface area (Å²) in [5, 5.41) is 0.556. The Kier molecular flexibility index (Phi) is 4.00. The minimum absolute atomic E-state index is 0.0254. The Morgan fingerprint density at radius 2 is 2.27 bits per heavy atom. The molecule has 0 bridgehead atoms. The smallest absolute Gasteiger partial charge is 0.356 e. The van der Waals surface area contributed by atoms with Crippen molar-refractivity contribution in [3.05, 3.63) is 46.7 Å². The average molecular weight is 319 g/mol. The Balaban J connectivity index is 1.93. The molecule has 6 heteroatoms. The third-order valence-electron chi connectivity index (χ3n) is 3.61. The molecule has 0 amide bonds. The second-order valence-electron chi connectivity index (χ2n) is 5.05. The third-order valence-corrected chi connectivity index (χ3v) is 3.89. The van der Waals surface area contributed by atoms with Crippen LogP contribution in [0.25, 0.3) is 11.1 Å². The molecule has 1 aromatic carbocycles. The Hall–Kier alpha value is -2.11. The van der Waals surface area contributed by atoms with Crippen LogP contribution in [0.3, 0.4) is 0 Å². The summed E-state index contributed by atoms with van der Waals surface area (Å²) in [5.74, 6) is 0.248. The maximum Gasteiger partial charge on any atom is 0.356 e. The number of esters is 1. The first-order valence-corrected chi connectivity index (χ1v) is 7.24. The van der Waals surface area contributed by atoms with Crippen LogP contribution >= 0.6 is 11.6 Å². The fourth-order valence-electron chi connectivity index (χ4n) is 2.48. The molecule has 2 N–H and O–H groups in total. The van der Waals surface area contributed by atoms with Gasteiger partial charge in [0.05, 0.1) is 12.1 Å². The molecule has 0 saturated heterocycles. The van der Waals surface area contributed by atoms with E-state index in [1.54, 1.807) is 12.3 Å². The number of rotatable bonds is 3. The molecular weight excluding hydrogens is 304 g/mol. The van der Waals surface area contributed by atoms with Crippen LogP contribution in [0.4, 0.5) is 0 Å². The van der Waals surface area contributed by atoms with Crippen LogP contribution in [0.1, 0.15) is 16.1 Å². The van der Waals surface area contributed by atoms with Gasteiger partial charge in [-0.2, -0.15) is 0 Å². The Morgan fingerprint density at radius 1 is 1.45 bits per heavy atom. The van der Waals surface area contributed by atoms with E-state index in [2.05, 4.69) is 9.72 Å². The zero-order valence-corrected chi connectivity index (χ0v) is 12.8. The molecule has 0 aliphatic carbocycles. The van der Waals surface area contributed by atoms with Gasteiger partial charge in [-0.25, -0.2) is 9.78 Å². The number of nitrogens with two attached hydrogens (primary N) is 1. The summed E-state index contributed by atoms with van der Waals surface area (Å²) in [6, 6.07) is 7.29. The second kappa shape index (κ2) is 5.94. The largest absolute Gasteiger partial charge is 0.487 e. The van der Waals surface area contributed by atoms with Gasteiger partial charge in [-0.15, -0.1) is 0 Å². The molecule has 1 aliphatic heterocycles. The molecule has 2 heterocycles. The first-order chi connectivity index (χ1) is 10.6. The summed E-state index contributed by atoms with van der Waals surface area (Å²) in [7, 11) is 1.33. The summed E-state index contributed by atoms with van der Waals surface area (Å²) < 4.78 is 10.3. The molecule has 0 spiro atoms. The third kappa shape index (κ3) is 2.65. The zero-order valence-electron chi connectivity index (χ0n) is 12.0. The van der Waals surface area contributed by atoms with Crippen LogP contribution in [0, 0.1) is 0 Å². The van der Waals surface area contributed by atoms with Gasteiger partial charge in [0, 0.05) is 30.3 Å². The van der Waals surface area contributed by atoms with E-state index in [4.69, 9.17) is 22.1 Å². The van der Waals surface area contributed by atoms with E-state index < -0.39 is 5.97 Å². The first-order valence-electron chi connectivity index (χ1n) is 6.86. The van der Waals surface area contributed by atoms with Gasteiger partial charge in [0.1, 0.15) is 17.5 Å². The van der Waals surface area contributed by atoms with E-state index >= 15 is 0 Å². The number of halogens is 1. The number of benzene rings is 1. The predicted molar refractivity (Wildman–Crippen MR) is 83.2 cm³/mol. The van der Waals surface area contributed by atoms with Gasteiger partial charge >= 0.3 is 5.97 Å². The van der Waals surface area contributed by atoms with Crippen LogP contribution in [0.5, 0.6) is 5.75 Å². The summed E-state index contributed by atoms with van der Waals surface area (Å²) >= 11 is 6.29. The molecule has 114 valence electrons. The summed E-state index contributed by atoms with van der Waals surface area (Å²) in [6.07, 6.45) is 2.34. The second-order valence-corrected chi connectivity index (χ2v) is 5.46. The number of aromatic nitrogens is 1. The molecule has 1 aliphatic rings. The quantitative estimate of drug-likeness (QED) is 0.880. The van der Waals surface area contributed by atoms with Crippen LogP contribution < -0.4 is 10.5 Å². The molecule has 1 aromatic heterocycles. The topological polar surface area (TPSA) is 74.4 Å². The Bertz CT molecular complexity index is 716. The van der Waals surface area contributed by atoms with Gasteiger partial charge in [0.15, 0.2) is 0 Å². The molecule has 5 nitrogen and oxygen atoms in total. The predicted octanol–water partition coefficient (Wildman–Crippen LogP) is 2.45. The molecule has 1 atom stereocenters. The molecule has 2 aromatic rings. The van der Waals surface area contributed by atoms with Crippen molar-refractivity contribution in [1.82, 2.24) is 4.98 Å². The fourth-order valence-corrected chi connectivity index (χ4v) is 2.76. The van der Waals surface area contributed by atoms with E-state index in [-0.39, 0.29) is 11.8 Å². The van der Waals surface area contributed by atoms with E-state index in [0.29, 0.717) is 17.3 Å². The standard InChI is InChI=1S/C16H15ClN2O3/c1-21-16(20)14-3-2-9(8-19-14)10-4-11-5-12(7-18)22-15(11)13(17)6-10/h2-4,6,8,12H,5,7,18H2,1H3. The fraction of sp³-hybridized carbons (Fsp3) is 0.250. The van der Waals surface area contributed by atoms with Crippen molar-refractivity contribution in [2.45, 2.75) is 12.5 Å². The lowest BCUT2D eigenvalue weighted by Crippen LogP contribution is -2.24. The van der Waals surface area contributed by atoms with Gasteiger partial charge in [-0.3, -0.25) is 0 Å². The van der Waals surface area contributed by atoms with Crippen LogP contribution in [-0.4, -0.2) is 30.7 Å². The van der Waals surface area contributed by atoms with Gasteiger partial charge < -0.3 is 15.2 Å². The van der Waals surface area contributed by atoms with Gasteiger partial charge in [-0.05, 0) is 23.8 Å². The van der Waals surface area contributed by atoms with Crippen molar-refractivity contribution < 1.29 is 14.3 Å². The number of hydrogen-bond donors (Lipinski definition) is 1. The number of carbonyl (C=O) groups excluding carboxylic acids is 1. The molecule has 22 heavy (non-hydrogen) atoms. The monoisotopic (exact) mass is 318 g/mol. The number of fused-ring (bicyclic) bond motifs is 1. The Labute approximate surface area is 133 Å². The number of pyridine rings is 1. The van der Waals surface area contributed by atoms with Crippen molar-refractivity contribution in [2.75, 3.05) is 13.7 Å². The van der Waals surface area contributed by atoms with Crippen molar-refractivity contribution in [3.63, 3.8) is 0 Å². The highest BCUT2D eigenvalue weighted by molar-refractivity contribution is 6.32.